The zero-order valence-corrected chi connectivity index (χ0v) is 28.2. The van der Waals surface area contributed by atoms with E-state index < -0.39 is 12.1 Å². The molecule has 0 spiro atoms. The number of nitrogens with zero attached hydrogens (tertiary/aromatic N) is 3. The molecule has 11 heteroatoms. The van der Waals surface area contributed by atoms with E-state index in [1.165, 1.54) is 12.4 Å². The van der Waals surface area contributed by atoms with Gasteiger partial charge in [0.15, 0.2) is 11.5 Å². The van der Waals surface area contributed by atoms with Crippen molar-refractivity contribution in [2.45, 2.75) is 38.0 Å². The van der Waals surface area contributed by atoms with Gasteiger partial charge in [-0.2, -0.15) is 0 Å². The van der Waals surface area contributed by atoms with Gasteiger partial charge in [0, 0.05) is 30.9 Å². The number of carbonyl (C=O) groups excluding carboxylic acids is 2. The third-order valence-corrected chi connectivity index (χ3v) is 10.2. The molecular formula is C37H35Cl2N3O6. The lowest BCUT2D eigenvalue weighted by atomic mass is 9.86. The average Bonchev–Trinajstić information content (AvgIpc) is 3.12. The van der Waals surface area contributed by atoms with E-state index in [4.69, 9.17) is 42.1 Å². The summed E-state index contributed by atoms with van der Waals surface area (Å²) < 4.78 is 23.3. The Balaban J connectivity index is 1.17. The molecule has 5 heterocycles. The number of ether oxygens (including phenoxy) is 4. The lowest BCUT2D eigenvalue weighted by Crippen LogP contribution is -2.53. The van der Waals surface area contributed by atoms with Crippen LogP contribution in [0.1, 0.15) is 46.0 Å². The zero-order valence-electron chi connectivity index (χ0n) is 26.7. The van der Waals surface area contributed by atoms with E-state index in [0.29, 0.717) is 44.2 Å². The van der Waals surface area contributed by atoms with Crippen molar-refractivity contribution < 1.29 is 28.5 Å². The first kappa shape index (κ1) is 32.2. The van der Waals surface area contributed by atoms with Crippen molar-refractivity contribution >= 4 is 41.0 Å². The minimum absolute atomic E-state index is 0.120. The standard InChI is InChI=1S/C37H35Cl2N3O6/c1-45-32-10-8-23(16-34(32)46-2)33(17-28-29(38)18-40-19-30(28)39)47-36(43)24-7-9-26-25(15-24)20-42(31-6-4-3-5-27(26)31)37(44)48-35-21-41-13-11-22(35)12-14-41/h3-10,15-16,18-19,22,33,35H,11-14,17,20-21H2,1-2H3/t33-,35-/m0/s1. The summed E-state index contributed by atoms with van der Waals surface area (Å²) in [5.74, 6) is 0.876. The number of amides is 1. The number of hydrogen-bond acceptors (Lipinski definition) is 8. The van der Waals surface area contributed by atoms with Gasteiger partial charge in [-0.05, 0) is 84.4 Å². The SMILES string of the molecule is COc1ccc([C@H](Cc2c(Cl)cncc2Cl)OC(=O)c2ccc3c(c2)CN(C(=O)O[C@H]2CN4CCC2CC4)c2ccccc2-3)cc1OC. The normalized spacial score (nSPS) is 19.9. The average molecular weight is 689 g/mol. The summed E-state index contributed by atoms with van der Waals surface area (Å²) in [6, 6.07) is 18.5. The Morgan fingerprint density at radius 1 is 0.917 bits per heavy atom. The number of benzene rings is 3. The molecule has 48 heavy (non-hydrogen) atoms. The fourth-order valence-corrected chi connectivity index (χ4v) is 7.52. The van der Waals surface area contributed by atoms with Crippen LogP contribution in [-0.2, 0) is 22.4 Å². The Hall–Kier alpha value is -4.31. The van der Waals surface area contributed by atoms with Crippen molar-refractivity contribution in [3.8, 4) is 22.6 Å². The van der Waals surface area contributed by atoms with Crippen molar-refractivity contribution in [1.29, 1.82) is 0 Å². The molecule has 2 bridgehead atoms. The van der Waals surface area contributed by atoms with E-state index in [-0.39, 0.29) is 25.2 Å². The highest BCUT2D eigenvalue weighted by molar-refractivity contribution is 6.35. The quantitative estimate of drug-likeness (QED) is 0.174. The Labute approximate surface area is 289 Å². The number of halogens is 2. The number of rotatable bonds is 8. The summed E-state index contributed by atoms with van der Waals surface area (Å²) in [6.45, 7) is 3.16. The number of para-hydroxylation sites is 1. The van der Waals surface area contributed by atoms with E-state index >= 15 is 0 Å². The van der Waals surface area contributed by atoms with Gasteiger partial charge in [0.1, 0.15) is 12.2 Å². The second-order valence-electron chi connectivity index (χ2n) is 12.3. The summed E-state index contributed by atoms with van der Waals surface area (Å²) in [5, 5.41) is 0.725. The van der Waals surface area contributed by atoms with Crippen LogP contribution in [0.15, 0.2) is 73.1 Å². The van der Waals surface area contributed by atoms with E-state index in [0.717, 1.165) is 54.9 Å². The van der Waals surface area contributed by atoms with Crippen molar-refractivity contribution in [3.05, 3.63) is 105 Å². The number of fused-ring (bicyclic) bond motifs is 6. The van der Waals surface area contributed by atoms with E-state index in [1.54, 1.807) is 43.4 Å². The van der Waals surface area contributed by atoms with Crippen LogP contribution in [0.3, 0.4) is 0 Å². The molecule has 8 rings (SSSR count). The van der Waals surface area contributed by atoms with Crippen LogP contribution in [0, 0.1) is 5.92 Å². The Bertz CT molecular complexity index is 1840. The topological polar surface area (TPSA) is 90.4 Å². The van der Waals surface area contributed by atoms with Crippen molar-refractivity contribution in [2.75, 3.05) is 38.8 Å². The second-order valence-corrected chi connectivity index (χ2v) is 13.1. The van der Waals surface area contributed by atoms with Gasteiger partial charge in [0.25, 0.3) is 0 Å². The van der Waals surface area contributed by atoms with E-state index in [9.17, 15) is 9.59 Å². The van der Waals surface area contributed by atoms with Crippen LogP contribution in [-0.4, -0.2) is 61.9 Å². The summed E-state index contributed by atoms with van der Waals surface area (Å²) in [6.07, 6.45) is 4.03. The van der Waals surface area contributed by atoms with Crippen molar-refractivity contribution in [1.82, 2.24) is 9.88 Å². The molecule has 4 aliphatic rings. The molecular weight excluding hydrogens is 653 g/mol. The number of methoxy groups -OCH3 is 2. The van der Waals surface area contributed by atoms with Gasteiger partial charge in [-0.25, -0.2) is 9.59 Å². The van der Waals surface area contributed by atoms with Crippen LogP contribution in [0.25, 0.3) is 11.1 Å². The largest absolute Gasteiger partial charge is 0.493 e. The maximum atomic E-state index is 13.9. The molecule has 0 unspecified atom stereocenters. The summed E-state index contributed by atoms with van der Waals surface area (Å²) in [7, 11) is 3.10. The first-order valence-electron chi connectivity index (χ1n) is 16.0. The Morgan fingerprint density at radius 2 is 1.67 bits per heavy atom. The summed E-state index contributed by atoms with van der Waals surface area (Å²) in [4.78, 5) is 35.7. The van der Waals surface area contributed by atoms with Crippen LogP contribution < -0.4 is 14.4 Å². The molecule has 0 radical (unpaired) electrons. The van der Waals surface area contributed by atoms with Gasteiger partial charge in [0.2, 0.25) is 0 Å². The predicted octanol–water partition coefficient (Wildman–Crippen LogP) is 7.76. The number of aromatic nitrogens is 1. The monoisotopic (exact) mass is 687 g/mol. The fourth-order valence-electron chi connectivity index (χ4n) is 7.00. The first-order chi connectivity index (χ1) is 23.3. The first-order valence-corrected chi connectivity index (χ1v) is 16.7. The number of pyridine rings is 1. The number of hydrogen-bond donors (Lipinski definition) is 0. The molecule has 4 aliphatic heterocycles. The zero-order chi connectivity index (χ0) is 33.4. The van der Waals surface area contributed by atoms with Gasteiger partial charge in [-0.15, -0.1) is 0 Å². The molecule has 3 aromatic carbocycles. The van der Waals surface area contributed by atoms with Gasteiger partial charge >= 0.3 is 12.1 Å². The molecule has 4 aromatic rings. The maximum Gasteiger partial charge on any atom is 0.414 e. The molecule has 1 aromatic heterocycles. The molecule has 1 amide bonds. The number of anilines is 1. The van der Waals surface area contributed by atoms with Crippen molar-refractivity contribution in [2.24, 2.45) is 5.92 Å². The Morgan fingerprint density at radius 3 is 2.38 bits per heavy atom. The maximum absolute atomic E-state index is 13.9. The lowest BCUT2D eigenvalue weighted by Gasteiger charge is -2.44. The molecule has 9 nitrogen and oxygen atoms in total. The van der Waals surface area contributed by atoms with Crippen LogP contribution in [0.4, 0.5) is 10.5 Å². The van der Waals surface area contributed by atoms with Gasteiger partial charge in [-0.3, -0.25) is 14.8 Å². The third kappa shape index (κ3) is 6.30. The highest BCUT2D eigenvalue weighted by atomic mass is 35.5. The molecule has 3 fully saturated rings. The van der Waals surface area contributed by atoms with Gasteiger partial charge < -0.3 is 18.9 Å². The molecule has 0 aliphatic carbocycles. The van der Waals surface area contributed by atoms with Gasteiger partial charge in [0.05, 0.1) is 42.1 Å². The highest BCUT2D eigenvalue weighted by Crippen LogP contribution is 2.41. The molecule has 248 valence electrons. The van der Waals surface area contributed by atoms with Crippen LogP contribution in [0.5, 0.6) is 11.5 Å². The summed E-state index contributed by atoms with van der Waals surface area (Å²) >= 11 is 13.0. The highest BCUT2D eigenvalue weighted by Gasteiger charge is 2.38. The predicted molar refractivity (Wildman–Crippen MR) is 183 cm³/mol. The molecule has 0 N–H and O–H groups in total. The van der Waals surface area contributed by atoms with E-state index in [1.807, 2.05) is 36.4 Å². The molecule has 2 atom stereocenters. The fraction of sp³-hybridized carbons (Fsp3) is 0.324. The minimum atomic E-state index is -0.778. The summed E-state index contributed by atoms with van der Waals surface area (Å²) in [5.41, 5.74) is 5.05. The van der Waals surface area contributed by atoms with Crippen molar-refractivity contribution in [3.63, 3.8) is 0 Å². The van der Waals surface area contributed by atoms with E-state index in [2.05, 4.69) is 9.88 Å². The number of carbonyl (C=O) groups is 2. The number of piperidine rings is 3. The minimum Gasteiger partial charge on any atom is -0.493 e. The van der Waals surface area contributed by atoms with Crippen LogP contribution in [0.2, 0.25) is 10.0 Å². The third-order valence-electron chi connectivity index (χ3n) is 9.59. The van der Waals surface area contributed by atoms with Crippen LogP contribution >= 0.6 is 23.2 Å². The Kier molecular flexibility index (Phi) is 9.18. The van der Waals surface area contributed by atoms with Gasteiger partial charge in [-0.1, -0.05) is 53.5 Å². The second kappa shape index (κ2) is 13.7. The number of esters is 1. The lowest BCUT2D eigenvalue weighted by molar-refractivity contribution is -0.0311. The molecule has 3 saturated heterocycles. The smallest absolute Gasteiger partial charge is 0.414 e. The molecule has 0 saturated carbocycles.